The third-order valence-corrected chi connectivity index (χ3v) is 5.44. The van der Waals surface area contributed by atoms with Gasteiger partial charge >= 0.3 is 6.18 Å². The number of hydrogen-bond acceptors (Lipinski definition) is 5. The molecule has 1 aliphatic heterocycles. The van der Waals surface area contributed by atoms with E-state index < -0.39 is 28.7 Å². The van der Waals surface area contributed by atoms with Crippen LogP contribution in [0.15, 0.2) is 41.4 Å². The number of aliphatic imine (C=N–C) groups is 1. The largest absolute Gasteiger partial charge is 0.417 e. The van der Waals surface area contributed by atoms with Crippen LogP contribution in [-0.2, 0) is 6.18 Å². The lowest BCUT2D eigenvalue weighted by Crippen LogP contribution is -2.40. The van der Waals surface area contributed by atoms with Crippen LogP contribution in [0.3, 0.4) is 0 Å². The SMILES string of the molecule is NNC(=NC(CN1CCC1)c1ccc(Cl)c(C(F)(F)F)c1)c1cccc(C(N)=O)c1N. The Labute approximate surface area is 182 Å². The first-order valence-corrected chi connectivity index (χ1v) is 9.81. The number of likely N-dealkylation sites (tertiary alicyclic amines) is 1. The van der Waals surface area contributed by atoms with Crippen molar-refractivity contribution in [3.63, 3.8) is 0 Å². The van der Waals surface area contributed by atoms with E-state index in [2.05, 4.69) is 15.3 Å². The second kappa shape index (κ2) is 9.13. The van der Waals surface area contributed by atoms with Crippen LogP contribution < -0.4 is 22.7 Å². The third-order valence-electron chi connectivity index (χ3n) is 5.11. The molecule has 1 fully saturated rings. The smallest absolute Gasteiger partial charge is 0.397 e. The summed E-state index contributed by atoms with van der Waals surface area (Å²) < 4.78 is 40.1. The number of carbonyl (C=O) groups is 1. The van der Waals surface area contributed by atoms with Crippen LogP contribution >= 0.6 is 11.6 Å². The molecule has 2 aromatic carbocycles. The minimum Gasteiger partial charge on any atom is -0.397 e. The van der Waals surface area contributed by atoms with Gasteiger partial charge in [0.15, 0.2) is 0 Å². The Bertz CT molecular complexity index is 1010. The lowest BCUT2D eigenvalue weighted by molar-refractivity contribution is -0.137. The molecule has 1 saturated heterocycles. The molecule has 7 nitrogen and oxygen atoms in total. The molecule has 1 heterocycles. The Morgan fingerprint density at radius 3 is 2.45 bits per heavy atom. The number of nitrogen functional groups attached to an aromatic ring is 1. The second-order valence-corrected chi connectivity index (χ2v) is 7.57. The van der Waals surface area contributed by atoms with Crippen molar-refractivity contribution in [2.24, 2.45) is 16.6 Å². The van der Waals surface area contributed by atoms with E-state index in [0.29, 0.717) is 17.7 Å². The molecule has 1 amide bonds. The highest BCUT2D eigenvalue weighted by Gasteiger charge is 2.34. The first kappa shape index (κ1) is 22.9. The number of nitrogens with zero attached hydrogens (tertiary/aromatic N) is 2. The van der Waals surface area contributed by atoms with E-state index in [0.717, 1.165) is 25.6 Å². The highest BCUT2D eigenvalue weighted by atomic mass is 35.5. The molecule has 0 radical (unpaired) electrons. The van der Waals surface area contributed by atoms with Gasteiger partial charge in [-0.15, -0.1) is 0 Å². The number of hydrazine groups is 1. The summed E-state index contributed by atoms with van der Waals surface area (Å²) in [6.07, 6.45) is -3.60. The van der Waals surface area contributed by atoms with Gasteiger partial charge in [0.2, 0.25) is 0 Å². The Hall–Kier alpha value is -2.82. The number of amidine groups is 1. The van der Waals surface area contributed by atoms with Crippen LogP contribution in [0.25, 0.3) is 0 Å². The van der Waals surface area contributed by atoms with Gasteiger partial charge in [0.1, 0.15) is 5.84 Å². The zero-order chi connectivity index (χ0) is 22.8. The fourth-order valence-corrected chi connectivity index (χ4v) is 3.55. The zero-order valence-corrected chi connectivity index (χ0v) is 17.2. The van der Waals surface area contributed by atoms with Crippen LogP contribution in [0.1, 0.15) is 39.5 Å². The predicted molar refractivity (Wildman–Crippen MR) is 113 cm³/mol. The van der Waals surface area contributed by atoms with E-state index in [9.17, 15) is 18.0 Å². The molecule has 1 atom stereocenters. The van der Waals surface area contributed by atoms with Crippen molar-refractivity contribution in [2.45, 2.75) is 18.6 Å². The maximum Gasteiger partial charge on any atom is 0.417 e. The standard InChI is InChI=1S/C20H22ClF3N6O/c21-15-6-5-11(9-14(15)20(22,23)24)16(10-30-7-2-8-30)28-19(29-27)13-4-1-3-12(17(13)25)18(26)31/h1,3-6,9,16H,2,7-8,10,25,27H2,(H2,26,31)(H,28,29). The maximum atomic E-state index is 13.4. The molecule has 0 bridgehead atoms. The summed E-state index contributed by atoms with van der Waals surface area (Å²) in [5, 5.41) is -0.390. The molecule has 166 valence electrons. The van der Waals surface area contributed by atoms with Gasteiger partial charge in [-0.1, -0.05) is 23.7 Å². The van der Waals surface area contributed by atoms with Gasteiger partial charge in [0.05, 0.1) is 27.9 Å². The van der Waals surface area contributed by atoms with E-state index in [1.807, 2.05) is 0 Å². The molecule has 11 heteroatoms. The summed E-state index contributed by atoms with van der Waals surface area (Å²) in [6, 6.07) is 7.62. The van der Waals surface area contributed by atoms with Crippen LogP contribution in [0, 0.1) is 0 Å². The van der Waals surface area contributed by atoms with Crippen LogP contribution in [0.5, 0.6) is 0 Å². The number of hydrogen-bond donors (Lipinski definition) is 4. The Morgan fingerprint density at radius 2 is 1.90 bits per heavy atom. The molecule has 2 aromatic rings. The van der Waals surface area contributed by atoms with Crippen molar-refractivity contribution in [3.05, 3.63) is 63.7 Å². The van der Waals surface area contributed by atoms with Crippen molar-refractivity contribution < 1.29 is 18.0 Å². The Morgan fingerprint density at radius 1 is 1.23 bits per heavy atom. The molecule has 3 rings (SSSR count). The van der Waals surface area contributed by atoms with Crippen molar-refractivity contribution >= 4 is 29.0 Å². The first-order chi connectivity index (χ1) is 14.6. The molecule has 0 saturated carbocycles. The van der Waals surface area contributed by atoms with E-state index >= 15 is 0 Å². The van der Waals surface area contributed by atoms with Gasteiger partial charge in [-0.2, -0.15) is 13.2 Å². The van der Waals surface area contributed by atoms with Crippen molar-refractivity contribution in [1.82, 2.24) is 10.3 Å². The normalized spacial score (nSPS) is 16.0. The average Bonchev–Trinajstić information content (AvgIpc) is 2.67. The van der Waals surface area contributed by atoms with Gasteiger partial charge in [-0.05, 0) is 49.3 Å². The topological polar surface area (TPSA) is 123 Å². The summed E-state index contributed by atoms with van der Waals surface area (Å²) in [5.74, 6) is 5.06. The Balaban J connectivity index is 2.08. The fraction of sp³-hybridized carbons (Fsp3) is 0.300. The van der Waals surface area contributed by atoms with Gasteiger partial charge in [-0.25, -0.2) is 5.84 Å². The number of benzene rings is 2. The number of nitrogens with one attached hydrogen (secondary N) is 1. The number of para-hydroxylation sites is 1. The lowest BCUT2D eigenvalue weighted by atomic mass is 10.0. The highest BCUT2D eigenvalue weighted by molar-refractivity contribution is 6.31. The number of amides is 1. The monoisotopic (exact) mass is 454 g/mol. The van der Waals surface area contributed by atoms with Gasteiger partial charge < -0.3 is 21.8 Å². The second-order valence-electron chi connectivity index (χ2n) is 7.16. The quantitative estimate of drug-likeness (QED) is 0.176. The Kier molecular flexibility index (Phi) is 6.73. The number of rotatable bonds is 6. The van der Waals surface area contributed by atoms with Crippen LogP contribution in [0.4, 0.5) is 18.9 Å². The molecule has 0 spiro atoms. The number of anilines is 1. The van der Waals surface area contributed by atoms with E-state index in [1.54, 1.807) is 12.1 Å². The summed E-state index contributed by atoms with van der Waals surface area (Å²) in [7, 11) is 0. The molecular formula is C20H22ClF3N6O. The number of halogens is 4. The summed E-state index contributed by atoms with van der Waals surface area (Å²) >= 11 is 5.77. The zero-order valence-electron chi connectivity index (χ0n) is 16.4. The number of primary amides is 1. The summed E-state index contributed by atoms with van der Waals surface area (Å²) in [6.45, 7) is 2.01. The van der Waals surface area contributed by atoms with E-state index in [1.165, 1.54) is 18.2 Å². The van der Waals surface area contributed by atoms with Gasteiger partial charge in [0, 0.05) is 12.1 Å². The van der Waals surface area contributed by atoms with Crippen LogP contribution in [0.2, 0.25) is 5.02 Å². The van der Waals surface area contributed by atoms with Gasteiger partial charge in [-0.3, -0.25) is 9.79 Å². The molecule has 31 heavy (non-hydrogen) atoms. The fourth-order valence-electron chi connectivity index (χ4n) is 3.32. The number of alkyl halides is 3. The highest BCUT2D eigenvalue weighted by Crippen LogP contribution is 2.37. The molecular weight excluding hydrogens is 433 g/mol. The average molecular weight is 455 g/mol. The molecule has 1 aliphatic rings. The molecule has 1 unspecified atom stereocenters. The minimum absolute atomic E-state index is 0.0708. The van der Waals surface area contributed by atoms with Crippen LogP contribution in [-0.4, -0.2) is 36.3 Å². The van der Waals surface area contributed by atoms with Gasteiger partial charge in [0.25, 0.3) is 5.91 Å². The van der Waals surface area contributed by atoms with E-state index in [4.69, 9.17) is 28.9 Å². The summed E-state index contributed by atoms with van der Waals surface area (Å²) in [4.78, 5) is 18.2. The van der Waals surface area contributed by atoms with E-state index in [-0.39, 0.29) is 17.1 Å². The lowest BCUT2D eigenvalue weighted by Gasteiger charge is -2.33. The molecule has 0 aromatic heterocycles. The predicted octanol–water partition coefficient (Wildman–Crippen LogP) is 2.70. The minimum atomic E-state index is -4.60. The van der Waals surface area contributed by atoms with Crippen molar-refractivity contribution in [1.29, 1.82) is 0 Å². The molecule has 7 N–H and O–H groups in total. The van der Waals surface area contributed by atoms with Crippen molar-refractivity contribution in [3.8, 4) is 0 Å². The number of nitrogens with two attached hydrogens (primary N) is 3. The number of carbonyl (C=O) groups excluding carboxylic acids is 1. The summed E-state index contributed by atoms with van der Waals surface area (Å²) in [5.41, 5.74) is 13.7. The maximum absolute atomic E-state index is 13.4. The van der Waals surface area contributed by atoms with Crippen molar-refractivity contribution in [2.75, 3.05) is 25.4 Å². The third kappa shape index (κ3) is 5.09. The first-order valence-electron chi connectivity index (χ1n) is 9.44. The molecule has 0 aliphatic carbocycles.